The maximum Gasteiger partial charge on any atom is 0.388 e. The van der Waals surface area contributed by atoms with Crippen LogP contribution < -0.4 is 4.74 Å². The molecule has 0 aliphatic heterocycles. The van der Waals surface area contributed by atoms with Crippen molar-refractivity contribution >= 4 is 22.9 Å². The number of unbranched alkanes of at least 4 members (excludes halogenated alkanes) is 1. The first-order chi connectivity index (χ1) is 13.8. The van der Waals surface area contributed by atoms with Gasteiger partial charge in [-0.15, -0.1) is 0 Å². The van der Waals surface area contributed by atoms with Crippen molar-refractivity contribution in [1.29, 1.82) is 0 Å². The van der Waals surface area contributed by atoms with E-state index in [2.05, 4.69) is 9.72 Å². The monoisotopic (exact) mass is 438 g/mol. The average Bonchev–Trinajstić information content (AvgIpc) is 2.68. The zero-order chi connectivity index (χ0) is 21.8. The zero-order valence-electron chi connectivity index (χ0n) is 16.5. The number of nitrogens with zero attached hydrogens (tertiary/aromatic N) is 2. The van der Waals surface area contributed by atoms with Crippen LogP contribution in [0.5, 0.6) is 5.88 Å². The van der Waals surface area contributed by atoms with Gasteiger partial charge in [-0.25, -0.2) is 4.98 Å². The number of carbonyl (C=O) groups excluding carboxylic acids is 2. The third kappa shape index (κ3) is 8.88. The van der Waals surface area contributed by atoms with Crippen molar-refractivity contribution in [2.45, 2.75) is 45.1 Å². The van der Waals surface area contributed by atoms with Gasteiger partial charge < -0.3 is 23.8 Å². The van der Waals surface area contributed by atoms with Gasteiger partial charge in [0.15, 0.2) is 6.29 Å². The van der Waals surface area contributed by atoms with Gasteiger partial charge in [0.2, 0.25) is 5.88 Å². The van der Waals surface area contributed by atoms with Gasteiger partial charge in [-0.1, -0.05) is 19.4 Å². The van der Waals surface area contributed by atoms with E-state index in [1.807, 2.05) is 6.92 Å². The number of amides is 1. The SMILES string of the molecule is CCCCOC(=O)C[C@@H](c1ccc(OC(F)F)nc1)N(CC(OC)OC)C(=O)Cl. The standard InChI is InChI=1S/C18H25ClF2N2O6/c1-4-5-8-28-15(24)9-13(23(17(19)25)11-16(26-2)27-3)12-6-7-14(22-10-12)29-18(20)21/h6-7,10,13,16,18H,4-5,8-9,11H2,1-3H3/t13-/m0/s1. The van der Waals surface area contributed by atoms with E-state index in [0.29, 0.717) is 12.0 Å². The topological polar surface area (TPSA) is 87.2 Å². The molecule has 0 aliphatic carbocycles. The Morgan fingerprint density at radius 2 is 1.93 bits per heavy atom. The summed E-state index contributed by atoms with van der Waals surface area (Å²) >= 11 is 5.74. The lowest BCUT2D eigenvalue weighted by atomic mass is 10.0. The predicted molar refractivity (Wildman–Crippen MR) is 99.9 cm³/mol. The summed E-state index contributed by atoms with van der Waals surface area (Å²) < 4.78 is 44.3. The number of halogens is 3. The van der Waals surface area contributed by atoms with Gasteiger partial charge in [-0.3, -0.25) is 9.59 Å². The maximum atomic E-state index is 12.3. The van der Waals surface area contributed by atoms with Gasteiger partial charge in [0, 0.05) is 26.5 Å². The maximum absolute atomic E-state index is 12.3. The third-order valence-corrected chi connectivity index (χ3v) is 4.17. The predicted octanol–water partition coefficient (Wildman–Crippen LogP) is 3.74. The number of hydrogen-bond donors (Lipinski definition) is 0. The zero-order valence-corrected chi connectivity index (χ0v) is 17.2. The number of carbonyl (C=O) groups is 2. The summed E-state index contributed by atoms with van der Waals surface area (Å²) in [5.74, 6) is -0.853. The molecule has 1 aromatic rings. The Hall–Kier alpha value is -2.04. The van der Waals surface area contributed by atoms with Crippen molar-refractivity contribution in [3.05, 3.63) is 23.9 Å². The van der Waals surface area contributed by atoms with Crippen molar-refractivity contribution in [3.63, 3.8) is 0 Å². The first-order valence-corrected chi connectivity index (χ1v) is 9.28. The van der Waals surface area contributed by atoms with E-state index in [1.165, 1.54) is 32.5 Å². The second kappa shape index (κ2) is 13.2. The Morgan fingerprint density at radius 1 is 1.24 bits per heavy atom. The van der Waals surface area contributed by atoms with Crippen molar-refractivity contribution in [2.75, 3.05) is 27.4 Å². The molecule has 0 N–H and O–H groups in total. The number of ether oxygens (including phenoxy) is 4. The van der Waals surface area contributed by atoms with Gasteiger partial charge in [-0.05, 0) is 23.6 Å². The van der Waals surface area contributed by atoms with E-state index in [4.69, 9.17) is 25.8 Å². The molecule has 1 amide bonds. The Labute approximate surface area is 173 Å². The first-order valence-electron chi connectivity index (χ1n) is 8.90. The molecule has 0 saturated carbocycles. The summed E-state index contributed by atoms with van der Waals surface area (Å²) in [6, 6.07) is 1.74. The fourth-order valence-corrected chi connectivity index (χ4v) is 2.62. The number of alkyl halides is 2. The molecule has 0 unspecified atom stereocenters. The lowest BCUT2D eigenvalue weighted by molar-refractivity contribution is -0.146. The first kappa shape index (κ1) is 25.0. The van der Waals surface area contributed by atoms with Crippen LogP contribution >= 0.6 is 11.6 Å². The Balaban J connectivity index is 3.11. The molecule has 11 heteroatoms. The van der Waals surface area contributed by atoms with Gasteiger partial charge in [-0.2, -0.15) is 8.78 Å². The Morgan fingerprint density at radius 3 is 2.41 bits per heavy atom. The molecular weight excluding hydrogens is 414 g/mol. The van der Waals surface area contributed by atoms with Crippen molar-refractivity contribution in [3.8, 4) is 5.88 Å². The summed E-state index contributed by atoms with van der Waals surface area (Å²) in [6.07, 6.45) is 1.75. The van der Waals surface area contributed by atoms with E-state index in [0.717, 1.165) is 11.3 Å². The molecule has 0 saturated heterocycles. The molecule has 0 radical (unpaired) electrons. The highest BCUT2D eigenvalue weighted by molar-refractivity contribution is 6.62. The average molecular weight is 439 g/mol. The van der Waals surface area contributed by atoms with Crippen molar-refractivity contribution in [1.82, 2.24) is 9.88 Å². The Bertz CT molecular complexity index is 631. The highest BCUT2D eigenvalue weighted by atomic mass is 35.5. The lowest BCUT2D eigenvalue weighted by Crippen LogP contribution is -2.40. The molecule has 29 heavy (non-hydrogen) atoms. The van der Waals surface area contributed by atoms with E-state index >= 15 is 0 Å². The smallest absolute Gasteiger partial charge is 0.388 e. The van der Waals surface area contributed by atoms with Crippen LogP contribution in [0.4, 0.5) is 13.6 Å². The number of hydrogen-bond acceptors (Lipinski definition) is 7. The molecule has 0 bridgehead atoms. The number of pyridine rings is 1. The summed E-state index contributed by atoms with van der Waals surface area (Å²) in [4.78, 5) is 29.3. The molecule has 0 fully saturated rings. The summed E-state index contributed by atoms with van der Waals surface area (Å²) in [7, 11) is 2.77. The molecule has 1 aromatic heterocycles. The van der Waals surface area contributed by atoms with E-state index in [1.54, 1.807) is 0 Å². The second-order valence-corrected chi connectivity index (χ2v) is 6.23. The fourth-order valence-electron chi connectivity index (χ4n) is 2.43. The minimum atomic E-state index is -3.03. The number of rotatable bonds is 13. The van der Waals surface area contributed by atoms with E-state index in [-0.39, 0.29) is 25.5 Å². The highest BCUT2D eigenvalue weighted by Crippen LogP contribution is 2.28. The van der Waals surface area contributed by atoms with Crippen molar-refractivity contribution < 1.29 is 37.3 Å². The summed E-state index contributed by atoms with van der Waals surface area (Å²) in [5, 5.41) is -0.858. The quantitative estimate of drug-likeness (QED) is 0.152. The normalized spacial score (nSPS) is 12.1. The third-order valence-electron chi connectivity index (χ3n) is 3.95. The largest absolute Gasteiger partial charge is 0.466 e. The molecule has 1 rings (SSSR count). The van der Waals surface area contributed by atoms with Gasteiger partial charge >= 0.3 is 17.9 Å². The van der Waals surface area contributed by atoms with Crippen molar-refractivity contribution in [2.24, 2.45) is 0 Å². The fraction of sp³-hybridized carbons (Fsp3) is 0.611. The van der Waals surface area contributed by atoms with E-state index in [9.17, 15) is 18.4 Å². The molecule has 0 aliphatic rings. The van der Waals surface area contributed by atoms with Crippen LogP contribution in [0.25, 0.3) is 0 Å². The van der Waals surface area contributed by atoms with Crippen LogP contribution in [0.3, 0.4) is 0 Å². The van der Waals surface area contributed by atoms with Crippen LogP contribution in [0.2, 0.25) is 0 Å². The summed E-state index contributed by atoms with van der Waals surface area (Å²) in [6.45, 7) is -0.913. The number of esters is 1. The minimum Gasteiger partial charge on any atom is -0.466 e. The number of methoxy groups -OCH3 is 2. The van der Waals surface area contributed by atoms with Crippen LogP contribution in [-0.2, 0) is 19.0 Å². The lowest BCUT2D eigenvalue weighted by Gasteiger charge is -2.31. The molecule has 164 valence electrons. The van der Waals surface area contributed by atoms with Crippen LogP contribution in [0.1, 0.15) is 37.8 Å². The minimum absolute atomic E-state index is 0.0858. The molecule has 1 heterocycles. The van der Waals surface area contributed by atoms with E-state index < -0.39 is 30.3 Å². The molecular formula is C18H25ClF2N2O6. The molecule has 8 nitrogen and oxygen atoms in total. The molecule has 0 aromatic carbocycles. The van der Waals surface area contributed by atoms with Crippen LogP contribution in [-0.4, -0.2) is 61.5 Å². The van der Waals surface area contributed by atoms with Crippen LogP contribution in [0, 0.1) is 0 Å². The Kier molecular flexibility index (Phi) is 11.4. The second-order valence-electron chi connectivity index (χ2n) is 5.91. The number of aromatic nitrogens is 1. The van der Waals surface area contributed by atoms with Gasteiger partial charge in [0.25, 0.3) is 0 Å². The highest BCUT2D eigenvalue weighted by Gasteiger charge is 2.30. The van der Waals surface area contributed by atoms with Gasteiger partial charge in [0.1, 0.15) is 0 Å². The van der Waals surface area contributed by atoms with Crippen LogP contribution in [0.15, 0.2) is 18.3 Å². The van der Waals surface area contributed by atoms with Gasteiger partial charge in [0.05, 0.1) is 25.6 Å². The summed E-state index contributed by atoms with van der Waals surface area (Å²) in [5.41, 5.74) is 0.374. The molecule has 0 spiro atoms. The molecule has 1 atom stereocenters.